The highest BCUT2D eigenvalue weighted by Gasteiger charge is 2.25. The van der Waals surface area contributed by atoms with E-state index < -0.39 is 10.0 Å². The zero-order chi connectivity index (χ0) is 20.7. The molecule has 0 unspecified atom stereocenters. The van der Waals surface area contributed by atoms with Crippen molar-refractivity contribution in [3.05, 3.63) is 47.3 Å². The maximum atomic E-state index is 12.9. The topological polar surface area (TPSA) is 99.5 Å². The second kappa shape index (κ2) is 9.87. The Hall–Kier alpha value is -2.41. The average Bonchev–Trinajstić information content (AvgIpc) is 3.26. The minimum absolute atomic E-state index is 0.0286. The van der Waals surface area contributed by atoms with E-state index >= 15 is 0 Å². The van der Waals surface area contributed by atoms with Crippen LogP contribution in [0.2, 0.25) is 0 Å². The van der Waals surface area contributed by atoms with Gasteiger partial charge in [-0.1, -0.05) is 18.2 Å². The Morgan fingerprint density at radius 1 is 1.24 bits per heavy atom. The van der Waals surface area contributed by atoms with E-state index in [0.29, 0.717) is 31.9 Å². The largest absolute Gasteiger partial charge is 0.381 e. The summed E-state index contributed by atoms with van der Waals surface area (Å²) < 4.78 is 32.8. The summed E-state index contributed by atoms with van der Waals surface area (Å²) in [6.07, 6.45) is 2.06. The van der Waals surface area contributed by atoms with Crippen molar-refractivity contribution in [2.45, 2.75) is 35.9 Å². The van der Waals surface area contributed by atoms with Gasteiger partial charge in [-0.15, -0.1) is 11.3 Å². The molecule has 154 valence electrons. The van der Waals surface area contributed by atoms with Crippen LogP contribution in [0.4, 0.5) is 5.69 Å². The molecule has 7 nitrogen and oxygen atoms in total. The Morgan fingerprint density at radius 3 is 2.59 bits per heavy atom. The number of sulfonamides is 1. The van der Waals surface area contributed by atoms with E-state index in [2.05, 4.69) is 10.8 Å². The number of hydrogen-bond acceptors (Lipinski definition) is 6. The van der Waals surface area contributed by atoms with Gasteiger partial charge in [0.15, 0.2) is 0 Å². The van der Waals surface area contributed by atoms with Crippen LogP contribution in [0.25, 0.3) is 0 Å². The number of benzene rings is 1. The molecule has 0 radical (unpaired) electrons. The van der Waals surface area contributed by atoms with Crippen molar-refractivity contribution < 1.29 is 17.9 Å². The monoisotopic (exact) mass is 433 g/mol. The van der Waals surface area contributed by atoms with Crippen molar-refractivity contribution in [2.75, 3.05) is 24.5 Å². The first-order valence-corrected chi connectivity index (χ1v) is 11.8. The first kappa shape index (κ1) is 21.3. The number of nitrogens with zero attached hydrogens (tertiary/aromatic N) is 2. The van der Waals surface area contributed by atoms with Crippen LogP contribution in [0.15, 0.2) is 46.0 Å². The third-order valence-corrected chi connectivity index (χ3v) is 7.52. The zero-order valence-corrected chi connectivity index (χ0v) is 17.5. The normalized spacial score (nSPS) is 14.9. The molecule has 2 aromatic rings. The molecule has 1 fully saturated rings. The van der Waals surface area contributed by atoms with Crippen molar-refractivity contribution in [3.8, 4) is 6.07 Å². The fourth-order valence-electron chi connectivity index (χ4n) is 3.27. The molecule has 9 heteroatoms. The first-order valence-electron chi connectivity index (χ1n) is 9.39. The molecule has 0 bridgehead atoms. The molecule has 1 aromatic heterocycles. The molecule has 0 spiro atoms. The molecular weight excluding hydrogens is 410 g/mol. The van der Waals surface area contributed by atoms with Crippen LogP contribution in [0.3, 0.4) is 0 Å². The predicted octanol–water partition coefficient (Wildman–Crippen LogP) is 3.01. The van der Waals surface area contributed by atoms with E-state index in [4.69, 9.17) is 10.00 Å². The summed E-state index contributed by atoms with van der Waals surface area (Å²) >= 11 is 1.15. The lowest BCUT2D eigenvalue weighted by molar-refractivity contribution is -0.134. The molecule has 1 amide bonds. The highest BCUT2D eigenvalue weighted by atomic mass is 32.2. The lowest BCUT2D eigenvalue weighted by atomic mass is 10.0. The summed E-state index contributed by atoms with van der Waals surface area (Å²) in [6.45, 7) is 1.67. The number of carbonyl (C=O) groups is 1. The maximum Gasteiger partial charge on any atom is 0.271 e. The van der Waals surface area contributed by atoms with Crippen LogP contribution in [0, 0.1) is 11.3 Å². The standard InChI is InChI=1S/C20H23N3O4S2/c21-10-2-11-23(18-8-12-27-13-9-18)19(24)15-16-4-6-17(7-5-16)22-29(25,26)20-3-1-14-28-20/h1,3-7,14,18,22H,2,8-9,11-13,15H2. The maximum absolute atomic E-state index is 12.9. The quantitative estimate of drug-likeness (QED) is 0.690. The van der Waals surface area contributed by atoms with E-state index in [1.165, 1.54) is 0 Å². The first-order chi connectivity index (χ1) is 14.0. The number of nitrogens with one attached hydrogen (secondary N) is 1. The molecule has 3 rings (SSSR count). The number of hydrogen-bond donors (Lipinski definition) is 1. The van der Waals surface area contributed by atoms with E-state index in [-0.39, 0.29) is 22.6 Å². The van der Waals surface area contributed by atoms with Crippen molar-refractivity contribution in [1.82, 2.24) is 4.90 Å². The molecule has 29 heavy (non-hydrogen) atoms. The lowest BCUT2D eigenvalue weighted by Crippen LogP contribution is -2.44. The summed E-state index contributed by atoms with van der Waals surface area (Å²) in [7, 11) is -3.59. The summed E-state index contributed by atoms with van der Waals surface area (Å²) in [6, 6.07) is 12.2. The van der Waals surface area contributed by atoms with E-state index in [1.54, 1.807) is 46.7 Å². The number of ether oxygens (including phenoxy) is 1. The molecule has 1 saturated heterocycles. The minimum Gasteiger partial charge on any atom is -0.381 e. The number of anilines is 1. The highest BCUT2D eigenvalue weighted by molar-refractivity contribution is 7.94. The van der Waals surface area contributed by atoms with Gasteiger partial charge in [0, 0.05) is 31.5 Å². The second-order valence-corrected chi connectivity index (χ2v) is 9.61. The van der Waals surface area contributed by atoms with Crippen molar-refractivity contribution in [3.63, 3.8) is 0 Å². The molecule has 0 saturated carbocycles. The highest BCUT2D eigenvalue weighted by Crippen LogP contribution is 2.21. The zero-order valence-electron chi connectivity index (χ0n) is 15.9. The van der Waals surface area contributed by atoms with Crippen molar-refractivity contribution >= 4 is 33.0 Å². The van der Waals surface area contributed by atoms with E-state index in [9.17, 15) is 13.2 Å². The van der Waals surface area contributed by atoms with E-state index in [1.807, 2.05) is 0 Å². The fraction of sp³-hybridized carbons (Fsp3) is 0.400. The predicted molar refractivity (Wildman–Crippen MR) is 111 cm³/mol. The Morgan fingerprint density at radius 2 is 1.97 bits per heavy atom. The Bertz CT molecular complexity index is 945. The molecule has 1 N–H and O–H groups in total. The average molecular weight is 434 g/mol. The molecular formula is C20H23N3O4S2. The van der Waals surface area contributed by atoms with Crippen LogP contribution < -0.4 is 4.72 Å². The van der Waals surface area contributed by atoms with Crippen LogP contribution >= 0.6 is 11.3 Å². The Kier molecular flexibility index (Phi) is 7.25. The lowest BCUT2D eigenvalue weighted by Gasteiger charge is -2.34. The summed E-state index contributed by atoms with van der Waals surface area (Å²) in [4.78, 5) is 14.6. The molecule has 2 heterocycles. The van der Waals surface area contributed by atoms with Gasteiger partial charge in [0.2, 0.25) is 5.91 Å². The van der Waals surface area contributed by atoms with Gasteiger partial charge < -0.3 is 9.64 Å². The third kappa shape index (κ3) is 5.79. The number of nitriles is 1. The van der Waals surface area contributed by atoms with E-state index in [0.717, 1.165) is 29.7 Å². The summed E-state index contributed by atoms with van der Waals surface area (Å²) in [5.74, 6) is -0.0286. The Balaban J connectivity index is 1.64. The van der Waals surface area contributed by atoms with Gasteiger partial charge in [0.05, 0.1) is 18.9 Å². The van der Waals surface area contributed by atoms with Gasteiger partial charge in [-0.3, -0.25) is 9.52 Å². The van der Waals surface area contributed by atoms with Crippen LogP contribution in [0.1, 0.15) is 24.8 Å². The summed E-state index contributed by atoms with van der Waals surface area (Å²) in [5.41, 5.74) is 1.24. The third-order valence-electron chi connectivity index (χ3n) is 4.74. The molecule has 1 aromatic carbocycles. The van der Waals surface area contributed by atoms with Crippen molar-refractivity contribution in [1.29, 1.82) is 5.26 Å². The molecule has 0 atom stereocenters. The van der Waals surface area contributed by atoms with Crippen LogP contribution in [-0.2, 0) is 26.0 Å². The van der Waals surface area contributed by atoms with Gasteiger partial charge in [-0.25, -0.2) is 8.42 Å². The number of carbonyl (C=O) groups excluding carboxylic acids is 1. The van der Waals surface area contributed by atoms with Gasteiger partial charge in [0.1, 0.15) is 4.21 Å². The fourth-order valence-corrected chi connectivity index (χ4v) is 5.32. The summed E-state index contributed by atoms with van der Waals surface area (Å²) in [5, 5.41) is 10.6. The van der Waals surface area contributed by atoms with Gasteiger partial charge in [0.25, 0.3) is 10.0 Å². The minimum atomic E-state index is -3.59. The molecule has 1 aliphatic heterocycles. The molecule has 0 aliphatic carbocycles. The van der Waals surface area contributed by atoms with Crippen LogP contribution in [-0.4, -0.2) is 45.0 Å². The van der Waals surface area contributed by atoms with Gasteiger partial charge in [-0.05, 0) is 42.0 Å². The number of amides is 1. The Labute approximate surface area is 175 Å². The van der Waals surface area contributed by atoms with Crippen LogP contribution in [0.5, 0.6) is 0 Å². The molecule has 1 aliphatic rings. The van der Waals surface area contributed by atoms with Gasteiger partial charge >= 0.3 is 0 Å². The van der Waals surface area contributed by atoms with Gasteiger partial charge in [-0.2, -0.15) is 5.26 Å². The second-order valence-electron chi connectivity index (χ2n) is 6.75. The van der Waals surface area contributed by atoms with Crippen molar-refractivity contribution in [2.24, 2.45) is 0 Å². The number of thiophene rings is 1. The SMILES string of the molecule is N#CCCN(C(=O)Cc1ccc(NS(=O)(=O)c2cccs2)cc1)C1CCOCC1. The smallest absolute Gasteiger partial charge is 0.271 e. The number of rotatable bonds is 8.